The average Bonchev–Trinajstić information content (AvgIpc) is 2.43. The van der Waals surface area contributed by atoms with Gasteiger partial charge in [-0.15, -0.1) is 0 Å². The largest absolute Gasteiger partial charge is 0.381 e. The number of carbonyl (C=O) groups excluding carboxylic acids is 1. The molecule has 1 aromatic heterocycles. The summed E-state index contributed by atoms with van der Waals surface area (Å²) in [5.41, 5.74) is 1.41. The molecule has 1 aromatic rings. The van der Waals surface area contributed by atoms with E-state index in [1.165, 1.54) is 0 Å². The number of nitrogens with one attached hydrogen (secondary N) is 2. The van der Waals surface area contributed by atoms with Gasteiger partial charge in [0.25, 0.3) is 5.91 Å². The minimum Gasteiger partial charge on any atom is -0.381 e. The van der Waals surface area contributed by atoms with Crippen LogP contribution in [-0.2, 0) is 0 Å². The third-order valence-corrected chi connectivity index (χ3v) is 3.09. The molecule has 112 valence electrons. The minimum atomic E-state index is -0.112. The normalized spacial score (nSPS) is 12.2. The van der Waals surface area contributed by atoms with E-state index < -0.39 is 0 Å². The lowest BCUT2D eigenvalue weighted by atomic mass is 10.2. The quantitative estimate of drug-likeness (QED) is 0.714. The van der Waals surface area contributed by atoms with Crippen LogP contribution in [0.1, 0.15) is 37.2 Å². The number of pyridine rings is 1. The van der Waals surface area contributed by atoms with E-state index in [2.05, 4.69) is 34.4 Å². The Labute approximate surface area is 121 Å². The second kappa shape index (κ2) is 8.53. The summed E-state index contributed by atoms with van der Waals surface area (Å²) in [6.07, 6.45) is 3.70. The fraction of sp³-hybridized carbons (Fsp3) is 0.600. The molecule has 0 aromatic carbocycles. The van der Waals surface area contributed by atoms with Gasteiger partial charge in [0.05, 0.1) is 11.9 Å². The van der Waals surface area contributed by atoms with Crippen molar-refractivity contribution in [2.45, 2.75) is 32.7 Å². The van der Waals surface area contributed by atoms with E-state index >= 15 is 0 Å². The predicted octanol–water partition coefficient (Wildman–Crippen LogP) is 1.97. The van der Waals surface area contributed by atoms with Crippen LogP contribution in [0, 0.1) is 0 Å². The second-order valence-electron chi connectivity index (χ2n) is 5.30. The van der Waals surface area contributed by atoms with E-state index in [1.54, 1.807) is 12.3 Å². The maximum atomic E-state index is 11.9. The van der Waals surface area contributed by atoms with Crippen molar-refractivity contribution in [2.75, 3.05) is 32.5 Å². The molecule has 0 aliphatic heterocycles. The zero-order chi connectivity index (χ0) is 15.0. The molecule has 20 heavy (non-hydrogen) atoms. The molecule has 1 atom stereocenters. The molecule has 5 heteroatoms. The molecule has 0 saturated heterocycles. The van der Waals surface area contributed by atoms with Crippen molar-refractivity contribution in [3.63, 3.8) is 0 Å². The summed E-state index contributed by atoms with van der Waals surface area (Å²) in [5, 5.41) is 6.20. The van der Waals surface area contributed by atoms with Crippen LogP contribution >= 0.6 is 0 Å². The van der Waals surface area contributed by atoms with E-state index in [-0.39, 0.29) is 5.91 Å². The van der Waals surface area contributed by atoms with Crippen molar-refractivity contribution in [3.8, 4) is 0 Å². The number of hydrogen-bond acceptors (Lipinski definition) is 4. The first-order valence-corrected chi connectivity index (χ1v) is 7.18. The topological polar surface area (TPSA) is 57.3 Å². The lowest BCUT2D eigenvalue weighted by Gasteiger charge is -2.13. The molecule has 0 saturated carbocycles. The van der Waals surface area contributed by atoms with Crippen molar-refractivity contribution in [2.24, 2.45) is 0 Å². The second-order valence-corrected chi connectivity index (χ2v) is 5.30. The molecular weight excluding hydrogens is 252 g/mol. The van der Waals surface area contributed by atoms with Gasteiger partial charge >= 0.3 is 0 Å². The Morgan fingerprint density at radius 3 is 2.70 bits per heavy atom. The van der Waals surface area contributed by atoms with Gasteiger partial charge in [-0.3, -0.25) is 4.79 Å². The van der Waals surface area contributed by atoms with Crippen LogP contribution in [-0.4, -0.2) is 49.0 Å². The Hall–Kier alpha value is -1.62. The molecule has 1 amide bonds. The molecule has 0 bridgehead atoms. The highest BCUT2D eigenvalue weighted by Crippen LogP contribution is 2.09. The van der Waals surface area contributed by atoms with Crippen LogP contribution in [0.3, 0.4) is 0 Å². The van der Waals surface area contributed by atoms with Crippen LogP contribution in [0.25, 0.3) is 0 Å². The zero-order valence-electron chi connectivity index (χ0n) is 12.9. The van der Waals surface area contributed by atoms with Crippen molar-refractivity contribution in [3.05, 3.63) is 24.0 Å². The molecule has 0 radical (unpaired) electrons. The summed E-state index contributed by atoms with van der Waals surface area (Å²) in [5.74, 6) is -0.112. The van der Waals surface area contributed by atoms with E-state index in [0.29, 0.717) is 18.3 Å². The summed E-state index contributed by atoms with van der Waals surface area (Å²) in [6, 6.07) is 4.06. The molecule has 5 nitrogen and oxygen atoms in total. The smallest absolute Gasteiger partial charge is 0.269 e. The molecule has 1 rings (SSSR count). The Morgan fingerprint density at radius 2 is 2.15 bits per heavy atom. The molecule has 1 unspecified atom stereocenters. The average molecular weight is 278 g/mol. The summed E-state index contributed by atoms with van der Waals surface area (Å²) < 4.78 is 0. The number of hydrogen-bond donors (Lipinski definition) is 2. The van der Waals surface area contributed by atoms with Gasteiger partial charge in [0.15, 0.2) is 0 Å². The van der Waals surface area contributed by atoms with Crippen LogP contribution in [0.15, 0.2) is 18.3 Å². The first kappa shape index (κ1) is 16.4. The number of carbonyl (C=O) groups is 1. The maximum absolute atomic E-state index is 11.9. The number of nitrogens with zero attached hydrogens (tertiary/aromatic N) is 2. The molecule has 2 N–H and O–H groups in total. The van der Waals surface area contributed by atoms with Gasteiger partial charge in [-0.2, -0.15) is 0 Å². The van der Waals surface area contributed by atoms with Gasteiger partial charge in [-0.1, -0.05) is 6.92 Å². The fourth-order valence-electron chi connectivity index (χ4n) is 1.69. The van der Waals surface area contributed by atoms with Crippen molar-refractivity contribution in [1.82, 2.24) is 15.2 Å². The Balaban J connectivity index is 2.41. The first-order chi connectivity index (χ1) is 9.52. The lowest BCUT2D eigenvalue weighted by Crippen LogP contribution is -2.27. The summed E-state index contributed by atoms with van der Waals surface area (Å²) in [4.78, 5) is 18.2. The van der Waals surface area contributed by atoms with Gasteiger partial charge in [0.2, 0.25) is 0 Å². The van der Waals surface area contributed by atoms with Gasteiger partial charge in [-0.25, -0.2) is 4.98 Å². The summed E-state index contributed by atoms with van der Waals surface area (Å²) >= 11 is 0. The monoisotopic (exact) mass is 278 g/mol. The fourth-order valence-corrected chi connectivity index (χ4v) is 1.69. The van der Waals surface area contributed by atoms with Gasteiger partial charge < -0.3 is 15.5 Å². The highest BCUT2D eigenvalue weighted by molar-refractivity contribution is 5.92. The Kier molecular flexibility index (Phi) is 7.01. The highest BCUT2D eigenvalue weighted by atomic mass is 16.1. The third-order valence-electron chi connectivity index (χ3n) is 3.09. The van der Waals surface area contributed by atoms with E-state index in [0.717, 1.165) is 25.1 Å². The SMILES string of the molecule is CCC(C)Nc1ccc(C(=O)NCCCN(C)C)nc1. The molecule has 0 aliphatic rings. The van der Waals surface area contributed by atoms with Crippen molar-refractivity contribution in [1.29, 1.82) is 0 Å². The number of rotatable bonds is 8. The molecule has 1 heterocycles. The Bertz CT molecular complexity index is 403. The van der Waals surface area contributed by atoms with E-state index in [4.69, 9.17) is 0 Å². The van der Waals surface area contributed by atoms with E-state index in [1.807, 2.05) is 20.2 Å². The van der Waals surface area contributed by atoms with Crippen molar-refractivity contribution >= 4 is 11.6 Å². The van der Waals surface area contributed by atoms with Gasteiger partial charge in [-0.05, 0) is 52.5 Å². The number of anilines is 1. The standard InChI is InChI=1S/C15H26N4O/c1-5-12(2)18-13-7-8-14(17-11-13)15(20)16-9-6-10-19(3)4/h7-8,11-12,18H,5-6,9-10H2,1-4H3,(H,16,20). The predicted molar refractivity (Wildman–Crippen MR) is 83.1 cm³/mol. The van der Waals surface area contributed by atoms with Crippen LogP contribution in [0.4, 0.5) is 5.69 Å². The summed E-state index contributed by atoms with van der Waals surface area (Å²) in [6.45, 7) is 5.88. The van der Waals surface area contributed by atoms with Crippen molar-refractivity contribution < 1.29 is 4.79 Å². The highest BCUT2D eigenvalue weighted by Gasteiger charge is 2.07. The first-order valence-electron chi connectivity index (χ1n) is 7.18. The number of amides is 1. The molecular formula is C15H26N4O. The summed E-state index contributed by atoms with van der Waals surface area (Å²) in [7, 11) is 4.04. The van der Waals surface area contributed by atoms with Gasteiger partial charge in [0.1, 0.15) is 5.69 Å². The maximum Gasteiger partial charge on any atom is 0.269 e. The lowest BCUT2D eigenvalue weighted by molar-refractivity contribution is 0.0947. The van der Waals surface area contributed by atoms with Crippen LogP contribution in [0.5, 0.6) is 0 Å². The minimum absolute atomic E-state index is 0.112. The van der Waals surface area contributed by atoms with Gasteiger partial charge in [0, 0.05) is 12.6 Å². The van der Waals surface area contributed by atoms with E-state index in [9.17, 15) is 4.79 Å². The molecule has 0 fully saturated rings. The molecule has 0 spiro atoms. The zero-order valence-corrected chi connectivity index (χ0v) is 12.9. The molecule has 0 aliphatic carbocycles. The third kappa shape index (κ3) is 6.02. The Morgan fingerprint density at radius 1 is 1.40 bits per heavy atom. The van der Waals surface area contributed by atoms with Crippen LogP contribution < -0.4 is 10.6 Å². The van der Waals surface area contributed by atoms with Crippen LogP contribution in [0.2, 0.25) is 0 Å². The number of aromatic nitrogens is 1.